The first kappa shape index (κ1) is 12.1. The monoisotopic (exact) mass is 317 g/mol. The normalized spacial score (nSPS) is 26.5. The Morgan fingerprint density at radius 3 is 2.35 bits per heavy atom. The van der Waals surface area contributed by atoms with Gasteiger partial charge in [-0.25, -0.2) is 0 Å². The molecular weight excluding hydrogens is 302 g/mol. The van der Waals surface area contributed by atoms with Gasteiger partial charge in [-0.3, -0.25) is 0 Å². The number of nitrogens with two attached hydrogens (primary N) is 1. The lowest BCUT2D eigenvalue weighted by atomic mass is 9.78. The van der Waals surface area contributed by atoms with Crippen molar-refractivity contribution >= 4 is 27.3 Å². The average molecular weight is 318 g/mol. The van der Waals surface area contributed by atoms with Crippen LogP contribution < -0.4 is 5.73 Å². The van der Waals surface area contributed by atoms with Crippen LogP contribution in [0.4, 0.5) is 0 Å². The fourth-order valence-corrected chi connectivity index (χ4v) is 4.29. The highest BCUT2D eigenvalue weighted by molar-refractivity contribution is 9.10. The van der Waals surface area contributed by atoms with Crippen molar-refractivity contribution in [2.24, 2.45) is 5.73 Å². The quantitative estimate of drug-likeness (QED) is 0.866. The molecule has 0 amide bonds. The molecule has 0 atom stereocenters. The average Bonchev–Trinajstić information content (AvgIpc) is 2.94. The smallest absolute Gasteiger partial charge is 0.168 e. The topological polar surface area (TPSA) is 44.5 Å². The molecule has 5 heteroatoms. The number of rotatable bonds is 1. The summed E-state index contributed by atoms with van der Waals surface area (Å²) in [6, 6.07) is 2.14. The third-order valence-electron chi connectivity index (χ3n) is 3.78. The van der Waals surface area contributed by atoms with E-state index in [-0.39, 0.29) is 11.3 Å². The van der Waals surface area contributed by atoms with Crippen molar-refractivity contribution in [2.75, 3.05) is 13.2 Å². The zero-order valence-electron chi connectivity index (χ0n) is 9.58. The van der Waals surface area contributed by atoms with E-state index >= 15 is 0 Å². The lowest BCUT2D eigenvalue weighted by molar-refractivity contribution is -0.184. The highest BCUT2D eigenvalue weighted by Crippen LogP contribution is 2.45. The second kappa shape index (κ2) is 4.31. The van der Waals surface area contributed by atoms with Gasteiger partial charge in [-0.1, -0.05) is 0 Å². The fraction of sp³-hybridized carbons (Fsp3) is 0.667. The van der Waals surface area contributed by atoms with Crippen LogP contribution in [-0.4, -0.2) is 19.0 Å². The largest absolute Gasteiger partial charge is 0.348 e. The first-order chi connectivity index (χ1) is 8.12. The highest BCUT2D eigenvalue weighted by Gasteiger charge is 2.45. The van der Waals surface area contributed by atoms with Crippen molar-refractivity contribution in [1.29, 1.82) is 0 Å². The second-order valence-electron chi connectivity index (χ2n) is 4.89. The molecule has 0 radical (unpaired) electrons. The molecule has 0 bridgehead atoms. The van der Waals surface area contributed by atoms with Gasteiger partial charge >= 0.3 is 0 Å². The van der Waals surface area contributed by atoms with Crippen molar-refractivity contribution in [1.82, 2.24) is 0 Å². The molecule has 2 aliphatic rings. The van der Waals surface area contributed by atoms with Crippen molar-refractivity contribution in [3.05, 3.63) is 20.8 Å². The lowest BCUT2D eigenvalue weighted by Crippen LogP contribution is -2.46. The van der Waals surface area contributed by atoms with E-state index in [0.29, 0.717) is 0 Å². The SMILES string of the molecule is NC1(c2cc(Br)cs2)CCC2(CC1)OCCO2. The Hall–Kier alpha value is 0.0600. The Morgan fingerprint density at radius 2 is 1.82 bits per heavy atom. The van der Waals surface area contributed by atoms with Crippen molar-refractivity contribution in [3.8, 4) is 0 Å². The molecule has 2 N–H and O–H groups in total. The maximum Gasteiger partial charge on any atom is 0.168 e. The maximum absolute atomic E-state index is 6.52. The summed E-state index contributed by atoms with van der Waals surface area (Å²) in [6.07, 6.45) is 3.66. The first-order valence-corrected chi connectivity index (χ1v) is 7.61. The van der Waals surface area contributed by atoms with E-state index in [1.165, 1.54) is 4.88 Å². The third kappa shape index (κ3) is 2.19. The van der Waals surface area contributed by atoms with Crippen LogP contribution in [0.5, 0.6) is 0 Å². The van der Waals surface area contributed by atoms with E-state index in [2.05, 4.69) is 27.4 Å². The number of halogens is 1. The van der Waals surface area contributed by atoms with Crippen LogP contribution in [0.2, 0.25) is 0 Å². The van der Waals surface area contributed by atoms with E-state index in [0.717, 1.165) is 43.4 Å². The molecule has 0 unspecified atom stereocenters. The number of thiophene rings is 1. The lowest BCUT2D eigenvalue weighted by Gasteiger charge is -2.41. The number of hydrogen-bond donors (Lipinski definition) is 1. The molecule has 1 saturated heterocycles. The van der Waals surface area contributed by atoms with Crippen LogP contribution in [0.25, 0.3) is 0 Å². The van der Waals surface area contributed by atoms with Crippen LogP contribution >= 0.6 is 27.3 Å². The van der Waals surface area contributed by atoms with E-state index in [1.807, 2.05) is 0 Å². The van der Waals surface area contributed by atoms with Crippen LogP contribution in [0.15, 0.2) is 15.9 Å². The fourth-order valence-electron chi connectivity index (χ4n) is 2.68. The van der Waals surface area contributed by atoms with Gasteiger partial charge in [0, 0.05) is 27.6 Å². The molecule has 1 aliphatic heterocycles. The van der Waals surface area contributed by atoms with Gasteiger partial charge in [0.2, 0.25) is 0 Å². The summed E-state index contributed by atoms with van der Waals surface area (Å²) in [5.41, 5.74) is 6.33. The number of ether oxygens (including phenoxy) is 2. The molecule has 17 heavy (non-hydrogen) atoms. The minimum absolute atomic E-state index is 0.197. The summed E-state index contributed by atoms with van der Waals surface area (Å²) in [5, 5.41) is 2.09. The van der Waals surface area contributed by atoms with Crippen LogP contribution in [0.3, 0.4) is 0 Å². The van der Waals surface area contributed by atoms with E-state index in [4.69, 9.17) is 15.2 Å². The second-order valence-corrected chi connectivity index (χ2v) is 6.72. The first-order valence-electron chi connectivity index (χ1n) is 5.93. The zero-order valence-corrected chi connectivity index (χ0v) is 12.0. The molecule has 3 rings (SSSR count). The third-order valence-corrected chi connectivity index (χ3v) is 5.69. The van der Waals surface area contributed by atoms with E-state index in [1.54, 1.807) is 11.3 Å². The summed E-state index contributed by atoms with van der Waals surface area (Å²) >= 11 is 5.22. The van der Waals surface area contributed by atoms with Gasteiger partial charge in [-0.15, -0.1) is 11.3 Å². The zero-order chi connectivity index (χ0) is 11.9. The van der Waals surface area contributed by atoms with Gasteiger partial charge in [0.1, 0.15) is 0 Å². The Balaban J connectivity index is 1.75. The Morgan fingerprint density at radius 1 is 1.18 bits per heavy atom. The van der Waals surface area contributed by atoms with Crippen molar-refractivity contribution in [2.45, 2.75) is 37.0 Å². The molecule has 1 aromatic heterocycles. The maximum atomic E-state index is 6.52. The van der Waals surface area contributed by atoms with Gasteiger partial charge in [0.25, 0.3) is 0 Å². The molecule has 1 saturated carbocycles. The van der Waals surface area contributed by atoms with Crippen molar-refractivity contribution in [3.63, 3.8) is 0 Å². The Labute approximate surface area is 113 Å². The van der Waals surface area contributed by atoms with Gasteiger partial charge in [0.05, 0.1) is 18.8 Å². The molecule has 3 nitrogen and oxygen atoms in total. The molecule has 2 heterocycles. The minimum Gasteiger partial charge on any atom is -0.348 e. The van der Waals surface area contributed by atoms with Gasteiger partial charge in [-0.2, -0.15) is 0 Å². The van der Waals surface area contributed by atoms with Gasteiger partial charge < -0.3 is 15.2 Å². The van der Waals surface area contributed by atoms with Gasteiger partial charge in [0.15, 0.2) is 5.79 Å². The van der Waals surface area contributed by atoms with E-state index < -0.39 is 0 Å². The van der Waals surface area contributed by atoms with Crippen molar-refractivity contribution < 1.29 is 9.47 Å². The summed E-state index contributed by atoms with van der Waals surface area (Å²) in [6.45, 7) is 1.45. The molecule has 1 aliphatic carbocycles. The minimum atomic E-state index is -0.322. The van der Waals surface area contributed by atoms with Gasteiger partial charge in [-0.05, 0) is 34.8 Å². The molecule has 1 spiro atoms. The highest BCUT2D eigenvalue weighted by atomic mass is 79.9. The van der Waals surface area contributed by atoms with E-state index in [9.17, 15) is 0 Å². The molecular formula is C12H16BrNO2S. The van der Waals surface area contributed by atoms with Crippen LogP contribution in [0, 0.1) is 0 Å². The Kier molecular flexibility index (Phi) is 3.07. The Bertz CT molecular complexity index is 404. The molecule has 1 aromatic rings. The van der Waals surface area contributed by atoms with Crippen LogP contribution in [-0.2, 0) is 15.0 Å². The number of hydrogen-bond acceptors (Lipinski definition) is 4. The summed E-state index contributed by atoms with van der Waals surface area (Å²) in [4.78, 5) is 1.26. The predicted molar refractivity (Wildman–Crippen MR) is 71.0 cm³/mol. The predicted octanol–water partition coefficient (Wildman–Crippen LogP) is 2.98. The molecule has 2 fully saturated rings. The standard InChI is InChI=1S/C12H16BrNO2S/c13-9-7-10(17-8-9)11(14)1-3-12(4-2-11)15-5-6-16-12/h7-8H,1-6,14H2. The van der Waals surface area contributed by atoms with Crippen LogP contribution in [0.1, 0.15) is 30.6 Å². The summed E-state index contributed by atoms with van der Waals surface area (Å²) < 4.78 is 12.6. The summed E-state index contributed by atoms with van der Waals surface area (Å²) in [7, 11) is 0. The molecule has 94 valence electrons. The summed E-state index contributed by atoms with van der Waals surface area (Å²) in [5.74, 6) is -0.322. The molecule has 0 aromatic carbocycles.